The summed E-state index contributed by atoms with van der Waals surface area (Å²) in [6.07, 6.45) is 9.14. The lowest BCUT2D eigenvalue weighted by molar-refractivity contribution is 0.0796. The summed E-state index contributed by atoms with van der Waals surface area (Å²) in [5.74, 6) is -0.347. The van der Waals surface area contributed by atoms with Crippen molar-refractivity contribution >= 4 is 11.8 Å². The van der Waals surface area contributed by atoms with Gasteiger partial charge in [0.05, 0.1) is 11.1 Å². The van der Waals surface area contributed by atoms with Crippen LogP contribution < -0.4 is 5.32 Å². The van der Waals surface area contributed by atoms with Gasteiger partial charge in [0, 0.05) is 44.9 Å². The fourth-order valence-electron chi connectivity index (χ4n) is 2.33. The molecule has 0 unspecified atom stereocenters. The third-order valence-electron chi connectivity index (χ3n) is 3.90. The van der Waals surface area contributed by atoms with Crippen LogP contribution in [-0.4, -0.2) is 46.8 Å². The van der Waals surface area contributed by atoms with Gasteiger partial charge in [0.2, 0.25) is 0 Å². The molecule has 0 aliphatic carbocycles. The number of unbranched alkanes of at least 4 members (excludes halogenated alkanes) is 1. The summed E-state index contributed by atoms with van der Waals surface area (Å²) in [4.78, 5) is 34.3. The molecule has 6 nitrogen and oxygen atoms in total. The van der Waals surface area contributed by atoms with Gasteiger partial charge >= 0.3 is 0 Å². The van der Waals surface area contributed by atoms with Gasteiger partial charge in [0.25, 0.3) is 11.8 Å². The Balaban J connectivity index is 1.96. The number of carbonyl (C=O) groups is 2. The zero-order chi connectivity index (χ0) is 18.1. The van der Waals surface area contributed by atoms with Crippen molar-refractivity contribution in [3.63, 3.8) is 0 Å². The van der Waals surface area contributed by atoms with E-state index < -0.39 is 0 Å². The normalized spacial score (nSPS) is 10.3. The van der Waals surface area contributed by atoms with Crippen molar-refractivity contribution in [1.29, 1.82) is 0 Å². The van der Waals surface area contributed by atoms with Crippen LogP contribution in [-0.2, 0) is 6.42 Å². The number of rotatable bonds is 8. The molecule has 0 saturated heterocycles. The Morgan fingerprint density at radius 3 is 2.56 bits per heavy atom. The molecular formula is C19H24N4O2. The number of hydrogen-bond acceptors (Lipinski definition) is 4. The first-order valence-corrected chi connectivity index (χ1v) is 8.49. The maximum atomic E-state index is 12.5. The number of nitrogens with one attached hydrogen (secondary N) is 1. The van der Waals surface area contributed by atoms with Gasteiger partial charge in [-0.25, -0.2) is 0 Å². The van der Waals surface area contributed by atoms with E-state index in [1.54, 1.807) is 30.4 Å². The number of likely N-dealkylation sites (N-methyl/N-ethyl adjacent to an activating group) is 1. The van der Waals surface area contributed by atoms with Crippen molar-refractivity contribution in [2.45, 2.75) is 26.2 Å². The van der Waals surface area contributed by atoms with Gasteiger partial charge in [-0.05, 0) is 36.6 Å². The summed E-state index contributed by atoms with van der Waals surface area (Å²) in [5, 5.41) is 2.83. The molecule has 2 amide bonds. The molecule has 0 spiro atoms. The molecule has 0 saturated carbocycles. The zero-order valence-electron chi connectivity index (χ0n) is 14.7. The second kappa shape index (κ2) is 9.52. The second-order valence-electron chi connectivity index (χ2n) is 5.90. The summed E-state index contributed by atoms with van der Waals surface area (Å²) in [6.45, 7) is 3.27. The third-order valence-corrected chi connectivity index (χ3v) is 3.90. The Kier molecular flexibility index (Phi) is 7.07. The molecule has 25 heavy (non-hydrogen) atoms. The molecule has 0 radical (unpaired) electrons. The van der Waals surface area contributed by atoms with Gasteiger partial charge in [-0.15, -0.1) is 0 Å². The Morgan fingerprint density at radius 2 is 1.84 bits per heavy atom. The molecule has 0 aliphatic heterocycles. The summed E-state index contributed by atoms with van der Waals surface area (Å²) in [7, 11) is 1.75. The van der Waals surface area contributed by atoms with Crippen LogP contribution in [0.25, 0.3) is 0 Å². The van der Waals surface area contributed by atoms with E-state index >= 15 is 0 Å². The minimum absolute atomic E-state index is 0.148. The van der Waals surface area contributed by atoms with Crippen molar-refractivity contribution in [3.05, 3.63) is 59.7 Å². The fourth-order valence-corrected chi connectivity index (χ4v) is 2.33. The van der Waals surface area contributed by atoms with E-state index in [4.69, 9.17) is 0 Å². The smallest absolute Gasteiger partial charge is 0.255 e. The minimum Gasteiger partial charge on any atom is -0.352 e. The SMILES string of the molecule is CCCCNC(=O)c1cncc(C(=O)N(C)CCc2ccncc2)c1. The molecule has 0 aromatic carbocycles. The number of carbonyl (C=O) groups excluding carboxylic acids is 2. The molecule has 0 aliphatic rings. The fraction of sp³-hybridized carbons (Fsp3) is 0.368. The van der Waals surface area contributed by atoms with Gasteiger partial charge < -0.3 is 10.2 Å². The molecule has 2 heterocycles. The standard InChI is InChI=1S/C19H24N4O2/c1-3-4-8-22-18(24)16-12-17(14-21-13-16)19(25)23(2)11-7-15-5-9-20-10-6-15/h5-6,9-10,12-14H,3-4,7-8,11H2,1-2H3,(H,22,24). The lowest BCUT2D eigenvalue weighted by Crippen LogP contribution is -2.30. The molecule has 6 heteroatoms. The first-order valence-electron chi connectivity index (χ1n) is 8.49. The van der Waals surface area contributed by atoms with Crippen molar-refractivity contribution in [1.82, 2.24) is 20.2 Å². The van der Waals surface area contributed by atoms with Crippen LogP contribution in [0.4, 0.5) is 0 Å². The van der Waals surface area contributed by atoms with Crippen molar-refractivity contribution in [3.8, 4) is 0 Å². The first kappa shape index (κ1) is 18.6. The monoisotopic (exact) mass is 340 g/mol. The highest BCUT2D eigenvalue weighted by Gasteiger charge is 2.14. The second-order valence-corrected chi connectivity index (χ2v) is 5.90. The Morgan fingerprint density at radius 1 is 1.12 bits per heavy atom. The highest BCUT2D eigenvalue weighted by atomic mass is 16.2. The van der Waals surface area contributed by atoms with Gasteiger partial charge in [-0.2, -0.15) is 0 Å². The Hall–Kier alpha value is -2.76. The maximum absolute atomic E-state index is 12.5. The average molecular weight is 340 g/mol. The van der Waals surface area contributed by atoms with E-state index in [0.29, 0.717) is 24.2 Å². The topological polar surface area (TPSA) is 75.2 Å². The third kappa shape index (κ3) is 5.67. The highest BCUT2D eigenvalue weighted by Crippen LogP contribution is 2.07. The lowest BCUT2D eigenvalue weighted by atomic mass is 10.1. The Labute approximate surface area is 148 Å². The number of aromatic nitrogens is 2. The van der Waals surface area contributed by atoms with E-state index in [1.807, 2.05) is 12.1 Å². The summed E-state index contributed by atoms with van der Waals surface area (Å²) >= 11 is 0. The van der Waals surface area contributed by atoms with E-state index in [-0.39, 0.29) is 11.8 Å². The highest BCUT2D eigenvalue weighted by molar-refractivity contribution is 5.99. The van der Waals surface area contributed by atoms with Crippen LogP contribution in [0.2, 0.25) is 0 Å². The minimum atomic E-state index is -0.199. The number of nitrogens with zero attached hydrogens (tertiary/aromatic N) is 3. The van der Waals surface area contributed by atoms with Crippen LogP contribution in [0.3, 0.4) is 0 Å². The van der Waals surface area contributed by atoms with Crippen molar-refractivity contribution in [2.24, 2.45) is 0 Å². The van der Waals surface area contributed by atoms with E-state index in [1.165, 1.54) is 12.4 Å². The average Bonchev–Trinajstić information content (AvgIpc) is 2.66. The predicted octanol–water partition coefficient (Wildman–Crippen LogP) is 2.32. The number of amides is 2. The number of hydrogen-bond donors (Lipinski definition) is 1. The lowest BCUT2D eigenvalue weighted by Gasteiger charge is -2.17. The van der Waals surface area contributed by atoms with Crippen LogP contribution in [0, 0.1) is 0 Å². The van der Waals surface area contributed by atoms with Crippen molar-refractivity contribution < 1.29 is 9.59 Å². The van der Waals surface area contributed by atoms with Crippen molar-refractivity contribution in [2.75, 3.05) is 20.1 Å². The van der Waals surface area contributed by atoms with E-state index in [2.05, 4.69) is 22.2 Å². The molecule has 0 fully saturated rings. The van der Waals surface area contributed by atoms with Crippen LogP contribution in [0.5, 0.6) is 0 Å². The number of pyridine rings is 2. The molecule has 2 aromatic heterocycles. The quantitative estimate of drug-likeness (QED) is 0.748. The Bertz CT molecular complexity index is 704. The summed E-state index contributed by atoms with van der Waals surface area (Å²) < 4.78 is 0. The predicted molar refractivity (Wildman–Crippen MR) is 96.4 cm³/mol. The van der Waals surface area contributed by atoms with Crippen LogP contribution in [0.15, 0.2) is 43.0 Å². The van der Waals surface area contributed by atoms with Gasteiger partial charge in [-0.1, -0.05) is 13.3 Å². The van der Waals surface area contributed by atoms with Crippen LogP contribution in [0.1, 0.15) is 46.0 Å². The van der Waals surface area contributed by atoms with Gasteiger partial charge in [0.1, 0.15) is 0 Å². The molecule has 0 atom stereocenters. The molecule has 0 bridgehead atoms. The van der Waals surface area contributed by atoms with E-state index in [9.17, 15) is 9.59 Å². The maximum Gasteiger partial charge on any atom is 0.255 e. The summed E-state index contributed by atoms with van der Waals surface area (Å²) in [5.41, 5.74) is 1.95. The molecule has 132 valence electrons. The largest absolute Gasteiger partial charge is 0.352 e. The van der Waals surface area contributed by atoms with Gasteiger partial charge in [0.15, 0.2) is 0 Å². The molecule has 2 aromatic rings. The molecule has 1 N–H and O–H groups in total. The zero-order valence-corrected chi connectivity index (χ0v) is 14.7. The first-order chi connectivity index (χ1) is 12.1. The van der Waals surface area contributed by atoms with Crippen LogP contribution >= 0.6 is 0 Å². The molecular weight excluding hydrogens is 316 g/mol. The molecule has 2 rings (SSSR count). The van der Waals surface area contributed by atoms with Gasteiger partial charge in [-0.3, -0.25) is 19.6 Å². The van der Waals surface area contributed by atoms with E-state index in [0.717, 1.165) is 24.8 Å². The summed E-state index contributed by atoms with van der Waals surface area (Å²) in [6, 6.07) is 5.46.